The Morgan fingerprint density at radius 3 is 2.84 bits per heavy atom. The van der Waals surface area contributed by atoms with Crippen molar-refractivity contribution in [2.75, 3.05) is 5.73 Å². The number of nitrogens with two attached hydrogens (primary N) is 1. The summed E-state index contributed by atoms with van der Waals surface area (Å²) in [5.74, 6) is -0.0964. The van der Waals surface area contributed by atoms with E-state index < -0.39 is 0 Å². The van der Waals surface area contributed by atoms with Gasteiger partial charge in [-0.2, -0.15) is 0 Å². The molecule has 0 fully saturated rings. The van der Waals surface area contributed by atoms with Gasteiger partial charge in [0.25, 0.3) is 0 Å². The van der Waals surface area contributed by atoms with Crippen molar-refractivity contribution in [2.45, 2.75) is 0 Å². The second-order valence-electron chi connectivity index (χ2n) is 4.01. The summed E-state index contributed by atoms with van der Waals surface area (Å²) in [6.07, 6.45) is 0. The van der Waals surface area contributed by atoms with Gasteiger partial charge in [0.05, 0.1) is 21.7 Å². The van der Waals surface area contributed by atoms with Crippen molar-refractivity contribution >= 4 is 44.5 Å². The smallest absolute Gasteiger partial charge is 0.206 e. The van der Waals surface area contributed by atoms with E-state index in [0.717, 1.165) is 0 Å². The molecule has 96 valence electrons. The Kier molecular flexibility index (Phi) is 2.95. The molecule has 6 heteroatoms. The van der Waals surface area contributed by atoms with E-state index in [2.05, 4.69) is 20.9 Å². The lowest BCUT2D eigenvalue weighted by atomic mass is 10.2. The van der Waals surface area contributed by atoms with Gasteiger partial charge in [0.1, 0.15) is 5.82 Å². The molecular formula is C13H8BrClFN3. The van der Waals surface area contributed by atoms with Crippen LogP contribution in [-0.2, 0) is 0 Å². The molecule has 0 radical (unpaired) electrons. The number of rotatable bonds is 1. The maximum atomic E-state index is 13.4. The third-order valence-electron chi connectivity index (χ3n) is 2.80. The van der Waals surface area contributed by atoms with Crippen LogP contribution >= 0.6 is 27.5 Å². The zero-order valence-corrected chi connectivity index (χ0v) is 11.9. The second-order valence-corrected chi connectivity index (χ2v) is 5.27. The topological polar surface area (TPSA) is 43.8 Å². The summed E-state index contributed by atoms with van der Waals surface area (Å²) in [6.45, 7) is 0. The van der Waals surface area contributed by atoms with E-state index >= 15 is 0 Å². The molecule has 2 N–H and O–H groups in total. The maximum absolute atomic E-state index is 13.4. The molecule has 0 atom stereocenters. The summed E-state index contributed by atoms with van der Waals surface area (Å²) in [6, 6.07) is 9.71. The van der Waals surface area contributed by atoms with Crippen molar-refractivity contribution in [3.63, 3.8) is 0 Å². The molecule has 0 saturated carbocycles. The van der Waals surface area contributed by atoms with E-state index in [0.29, 0.717) is 26.2 Å². The summed E-state index contributed by atoms with van der Waals surface area (Å²) >= 11 is 9.57. The molecule has 0 aliphatic carbocycles. The number of halogens is 3. The van der Waals surface area contributed by atoms with E-state index in [1.54, 1.807) is 28.8 Å². The third kappa shape index (κ3) is 1.99. The molecule has 3 rings (SSSR count). The van der Waals surface area contributed by atoms with Crippen LogP contribution in [0, 0.1) is 5.82 Å². The molecular weight excluding hydrogens is 333 g/mol. The summed E-state index contributed by atoms with van der Waals surface area (Å²) < 4.78 is 15.8. The highest BCUT2D eigenvalue weighted by Crippen LogP contribution is 2.32. The molecule has 0 aliphatic heterocycles. The first-order valence-corrected chi connectivity index (χ1v) is 6.63. The molecule has 0 saturated heterocycles. The number of fused-ring (bicyclic) bond motifs is 1. The van der Waals surface area contributed by atoms with Crippen LogP contribution in [-0.4, -0.2) is 9.55 Å². The Morgan fingerprint density at radius 1 is 1.26 bits per heavy atom. The first-order chi connectivity index (χ1) is 9.08. The average molecular weight is 341 g/mol. The largest absolute Gasteiger partial charge is 0.369 e. The number of imidazole rings is 1. The van der Waals surface area contributed by atoms with Gasteiger partial charge in [0.15, 0.2) is 0 Å². The first kappa shape index (κ1) is 12.4. The Morgan fingerprint density at radius 2 is 2.05 bits per heavy atom. The number of nitrogen functional groups attached to an aromatic ring is 1. The van der Waals surface area contributed by atoms with Crippen LogP contribution in [0.25, 0.3) is 16.7 Å². The number of para-hydroxylation sites is 1. The van der Waals surface area contributed by atoms with Gasteiger partial charge in [-0.3, -0.25) is 4.57 Å². The molecule has 19 heavy (non-hydrogen) atoms. The van der Waals surface area contributed by atoms with E-state index in [9.17, 15) is 4.39 Å². The molecule has 3 nitrogen and oxygen atoms in total. The van der Waals surface area contributed by atoms with Crippen molar-refractivity contribution in [1.29, 1.82) is 0 Å². The number of nitrogens with zero attached hydrogens (tertiary/aromatic N) is 2. The second kappa shape index (κ2) is 4.51. The first-order valence-electron chi connectivity index (χ1n) is 5.46. The number of hydrogen-bond acceptors (Lipinski definition) is 2. The highest BCUT2D eigenvalue weighted by atomic mass is 79.9. The van der Waals surface area contributed by atoms with Gasteiger partial charge in [-0.1, -0.05) is 17.7 Å². The Bertz CT molecular complexity index is 785. The Hall–Kier alpha value is -1.59. The molecule has 1 aromatic heterocycles. The van der Waals surface area contributed by atoms with Crippen LogP contribution in [0.5, 0.6) is 0 Å². The van der Waals surface area contributed by atoms with Crippen molar-refractivity contribution < 1.29 is 4.39 Å². The van der Waals surface area contributed by atoms with Gasteiger partial charge >= 0.3 is 0 Å². The fourth-order valence-electron chi connectivity index (χ4n) is 2.00. The summed E-state index contributed by atoms with van der Waals surface area (Å²) in [5.41, 5.74) is 7.81. The van der Waals surface area contributed by atoms with Crippen LogP contribution in [0.1, 0.15) is 0 Å². The van der Waals surface area contributed by atoms with E-state index in [4.69, 9.17) is 17.3 Å². The van der Waals surface area contributed by atoms with Crippen molar-refractivity contribution in [2.24, 2.45) is 0 Å². The van der Waals surface area contributed by atoms with Crippen LogP contribution < -0.4 is 5.73 Å². The lowest BCUT2D eigenvalue weighted by molar-refractivity contribution is 0.626. The van der Waals surface area contributed by atoms with Gasteiger partial charge < -0.3 is 5.73 Å². The number of aromatic nitrogens is 2. The molecule has 0 unspecified atom stereocenters. The highest BCUT2D eigenvalue weighted by molar-refractivity contribution is 9.10. The number of anilines is 1. The van der Waals surface area contributed by atoms with Crippen LogP contribution in [0.15, 0.2) is 40.9 Å². The number of benzene rings is 2. The lowest BCUT2D eigenvalue weighted by Gasteiger charge is -2.09. The van der Waals surface area contributed by atoms with Crippen LogP contribution in [0.2, 0.25) is 5.02 Å². The van der Waals surface area contributed by atoms with E-state index in [-0.39, 0.29) is 11.8 Å². The van der Waals surface area contributed by atoms with E-state index in [1.807, 2.05) is 0 Å². The zero-order chi connectivity index (χ0) is 13.6. The van der Waals surface area contributed by atoms with Gasteiger partial charge in [-0.05, 0) is 46.3 Å². The minimum absolute atomic E-state index is 0.259. The fourth-order valence-corrected chi connectivity index (χ4v) is 2.68. The Balaban J connectivity index is 2.42. The maximum Gasteiger partial charge on any atom is 0.206 e. The van der Waals surface area contributed by atoms with E-state index in [1.165, 1.54) is 12.1 Å². The molecule has 2 aromatic carbocycles. The predicted octanol–water partition coefficient (Wildman–Crippen LogP) is 4.16. The molecule has 0 amide bonds. The molecule has 1 heterocycles. The normalized spacial score (nSPS) is 11.1. The van der Waals surface area contributed by atoms with Crippen LogP contribution in [0.3, 0.4) is 0 Å². The van der Waals surface area contributed by atoms with Gasteiger partial charge in [-0.15, -0.1) is 0 Å². The predicted molar refractivity (Wildman–Crippen MR) is 78.2 cm³/mol. The molecule has 0 spiro atoms. The quantitative estimate of drug-likeness (QED) is 0.723. The van der Waals surface area contributed by atoms with Crippen molar-refractivity contribution in [3.05, 3.63) is 51.7 Å². The summed E-state index contributed by atoms with van der Waals surface area (Å²) in [4.78, 5) is 4.23. The lowest BCUT2D eigenvalue weighted by Crippen LogP contribution is -2.02. The zero-order valence-electron chi connectivity index (χ0n) is 9.57. The number of hydrogen-bond donors (Lipinski definition) is 1. The molecule has 0 bridgehead atoms. The highest BCUT2D eigenvalue weighted by Gasteiger charge is 2.15. The standard InChI is InChI=1S/C13H8BrClFN3/c14-8-5-4-7(16)6-11(8)19-12-9(15)2-1-3-10(12)18-13(19)17/h1-6H,(H2,17,18). The summed E-state index contributed by atoms with van der Waals surface area (Å²) in [7, 11) is 0. The molecule has 0 aliphatic rings. The molecule has 3 aromatic rings. The van der Waals surface area contributed by atoms with Crippen LogP contribution in [0.4, 0.5) is 10.3 Å². The SMILES string of the molecule is Nc1nc2cccc(Cl)c2n1-c1cc(F)ccc1Br. The average Bonchev–Trinajstić information content (AvgIpc) is 2.70. The summed E-state index contributed by atoms with van der Waals surface area (Å²) in [5, 5.41) is 0.512. The van der Waals surface area contributed by atoms with Gasteiger partial charge in [0, 0.05) is 4.47 Å². The van der Waals surface area contributed by atoms with Gasteiger partial charge in [0.2, 0.25) is 5.95 Å². The van der Waals surface area contributed by atoms with Crippen molar-refractivity contribution in [3.8, 4) is 5.69 Å². The Labute approximate surface area is 121 Å². The fraction of sp³-hybridized carbons (Fsp3) is 0. The van der Waals surface area contributed by atoms with Gasteiger partial charge in [-0.25, -0.2) is 9.37 Å². The minimum atomic E-state index is -0.355. The van der Waals surface area contributed by atoms with Crippen molar-refractivity contribution in [1.82, 2.24) is 9.55 Å². The monoisotopic (exact) mass is 339 g/mol. The third-order valence-corrected chi connectivity index (χ3v) is 3.78. The minimum Gasteiger partial charge on any atom is -0.369 e.